The van der Waals surface area contributed by atoms with Gasteiger partial charge in [0.2, 0.25) is 15.9 Å². The molecule has 12 heteroatoms. The van der Waals surface area contributed by atoms with Crippen LogP contribution in [0.25, 0.3) is 20.9 Å². The maximum absolute atomic E-state index is 12.5. The van der Waals surface area contributed by atoms with E-state index in [0.717, 1.165) is 31.7 Å². The number of rotatable bonds is 7. The molecule has 0 saturated heterocycles. The smallest absolute Gasteiger partial charge is 0.277 e. The summed E-state index contributed by atoms with van der Waals surface area (Å²) in [7, 11) is -0.704. The fourth-order valence-corrected chi connectivity index (χ4v) is 5.86. The molecule has 0 fully saturated rings. The number of carbonyl (C=O) groups excluding carboxylic acids is 1. The highest BCUT2D eigenvalue weighted by Crippen LogP contribution is 2.41. The van der Waals surface area contributed by atoms with Gasteiger partial charge in [-0.05, 0) is 30.7 Å². The minimum absolute atomic E-state index is 0.00583. The van der Waals surface area contributed by atoms with Crippen LogP contribution in [0.3, 0.4) is 0 Å². The van der Waals surface area contributed by atoms with E-state index in [1.165, 1.54) is 37.6 Å². The largest absolute Gasteiger partial charge is 0.410 e. The van der Waals surface area contributed by atoms with Crippen LogP contribution in [0.5, 0.6) is 0 Å². The Morgan fingerprint density at radius 1 is 1.21 bits per heavy atom. The summed E-state index contributed by atoms with van der Waals surface area (Å²) in [6, 6.07) is 12.3. The molecule has 8 nitrogen and oxygen atoms in total. The number of hydrogen-bond donors (Lipinski definition) is 1. The maximum Gasteiger partial charge on any atom is 0.277 e. The Morgan fingerprint density at radius 2 is 1.97 bits per heavy atom. The highest BCUT2D eigenvalue weighted by atomic mass is 35.5. The van der Waals surface area contributed by atoms with Crippen molar-refractivity contribution in [1.29, 1.82) is 0 Å². The molecule has 33 heavy (non-hydrogen) atoms. The Hall–Kier alpha value is -2.44. The molecule has 2 aromatic heterocycles. The lowest BCUT2D eigenvalue weighted by Gasteiger charge is -2.14. The van der Waals surface area contributed by atoms with Crippen molar-refractivity contribution < 1.29 is 17.6 Å². The highest BCUT2D eigenvalue weighted by Gasteiger charge is 2.20. The van der Waals surface area contributed by atoms with Crippen molar-refractivity contribution in [2.45, 2.75) is 17.0 Å². The summed E-state index contributed by atoms with van der Waals surface area (Å²) in [5.41, 5.74) is 1.16. The quantitative estimate of drug-likeness (QED) is 0.344. The third-order valence-electron chi connectivity index (χ3n) is 4.72. The third kappa shape index (κ3) is 4.92. The van der Waals surface area contributed by atoms with Crippen LogP contribution in [-0.2, 0) is 14.8 Å². The molecule has 2 heterocycles. The van der Waals surface area contributed by atoms with Gasteiger partial charge < -0.3 is 9.73 Å². The molecule has 1 amide bonds. The lowest BCUT2D eigenvalue weighted by atomic mass is 10.2. The van der Waals surface area contributed by atoms with Crippen LogP contribution in [0, 0.1) is 6.92 Å². The average molecular weight is 523 g/mol. The second kappa shape index (κ2) is 9.43. The number of aryl methyl sites for hydroxylation is 1. The number of nitrogens with zero attached hydrogens (tertiary/aromatic N) is 3. The predicted octanol–water partition coefficient (Wildman–Crippen LogP) is 4.89. The van der Waals surface area contributed by atoms with Crippen molar-refractivity contribution in [2.75, 3.05) is 25.2 Å². The third-order valence-corrected chi connectivity index (χ3v) is 9.02. The molecule has 1 N–H and O–H groups in total. The summed E-state index contributed by atoms with van der Waals surface area (Å²) >= 11 is 9.00. The van der Waals surface area contributed by atoms with Gasteiger partial charge in [0.15, 0.2) is 0 Å². The summed E-state index contributed by atoms with van der Waals surface area (Å²) in [5.74, 6) is -0.0324. The number of aromatic nitrogens is 2. The normalized spacial score (nSPS) is 11.9. The van der Waals surface area contributed by atoms with Gasteiger partial charge in [0, 0.05) is 29.9 Å². The van der Waals surface area contributed by atoms with E-state index in [0.29, 0.717) is 21.5 Å². The van der Waals surface area contributed by atoms with Gasteiger partial charge in [0.25, 0.3) is 11.1 Å². The van der Waals surface area contributed by atoms with Crippen LogP contribution in [0.15, 0.2) is 57.0 Å². The Labute approximate surface area is 204 Å². The molecule has 0 unspecified atom stereocenters. The fraction of sp³-hybridized carbons (Fsp3) is 0.190. The van der Waals surface area contributed by atoms with E-state index >= 15 is 0 Å². The topological polar surface area (TPSA) is 105 Å². The minimum Gasteiger partial charge on any atom is -0.410 e. The minimum atomic E-state index is -3.61. The van der Waals surface area contributed by atoms with Gasteiger partial charge >= 0.3 is 0 Å². The number of benzene rings is 2. The zero-order chi connectivity index (χ0) is 23.8. The number of anilines is 1. The predicted molar refractivity (Wildman–Crippen MR) is 132 cm³/mol. The molecule has 4 rings (SSSR count). The summed E-state index contributed by atoms with van der Waals surface area (Å²) < 4.78 is 32.6. The zero-order valence-electron chi connectivity index (χ0n) is 17.8. The molecule has 0 aliphatic carbocycles. The first kappa shape index (κ1) is 23.7. The number of sulfonamides is 1. The first-order chi connectivity index (χ1) is 15.7. The van der Waals surface area contributed by atoms with Crippen molar-refractivity contribution in [3.05, 3.63) is 53.1 Å². The van der Waals surface area contributed by atoms with Crippen molar-refractivity contribution in [3.8, 4) is 10.8 Å². The van der Waals surface area contributed by atoms with Crippen LogP contribution < -0.4 is 5.32 Å². The molecule has 2 aromatic carbocycles. The first-order valence-electron chi connectivity index (χ1n) is 9.63. The Balaban J connectivity index is 1.44. The monoisotopic (exact) mass is 522 g/mol. The maximum atomic E-state index is 12.5. The number of amides is 1. The number of carbonyl (C=O) groups is 1. The van der Waals surface area contributed by atoms with Crippen LogP contribution in [0.4, 0.5) is 5.69 Å². The summed E-state index contributed by atoms with van der Waals surface area (Å²) in [4.78, 5) is 13.3. The Kier molecular flexibility index (Phi) is 6.78. The van der Waals surface area contributed by atoms with Crippen molar-refractivity contribution in [1.82, 2.24) is 14.5 Å². The van der Waals surface area contributed by atoms with Crippen molar-refractivity contribution in [2.24, 2.45) is 0 Å². The molecule has 0 atom stereocenters. The standard InChI is InChI=1S/C21H19ClN4O4S3/c1-12-8-9-13(33(28,29)26(2)3)10-15(12)23-17(27)11-31-21-25-24-20(30-21)19-18(22)14-6-4-5-7-16(14)32-19/h4-10H,11H2,1-3H3,(H,23,27). The first-order valence-corrected chi connectivity index (χ1v) is 13.3. The number of thioether (sulfide) groups is 1. The van der Waals surface area contributed by atoms with Gasteiger partial charge in [-0.2, -0.15) is 0 Å². The van der Waals surface area contributed by atoms with Crippen LogP contribution in [0.2, 0.25) is 5.02 Å². The van der Waals surface area contributed by atoms with Crippen molar-refractivity contribution in [3.63, 3.8) is 0 Å². The molecular weight excluding hydrogens is 504 g/mol. The van der Waals surface area contributed by atoms with E-state index in [2.05, 4.69) is 15.5 Å². The van der Waals surface area contributed by atoms with E-state index < -0.39 is 10.0 Å². The van der Waals surface area contributed by atoms with E-state index in [9.17, 15) is 13.2 Å². The van der Waals surface area contributed by atoms with E-state index in [1.807, 2.05) is 24.3 Å². The molecule has 0 radical (unpaired) electrons. The van der Waals surface area contributed by atoms with Gasteiger partial charge in [0.05, 0.1) is 15.7 Å². The van der Waals surface area contributed by atoms with Crippen LogP contribution in [0.1, 0.15) is 5.56 Å². The average Bonchev–Trinajstić information content (AvgIpc) is 3.38. The Bertz CT molecular complexity index is 1450. The van der Waals surface area contributed by atoms with Crippen LogP contribution in [-0.4, -0.2) is 48.7 Å². The number of fused-ring (bicyclic) bond motifs is 1. The van der Waals surface area contributed by atoms with Crippen molar-refractivity contribution >= 4 is 66.4 Å². The number of thiophene rings is 1. The highest BCUT2D eigenvalue weighted by molar-refractivity contribution is 7.99. The molecule has 0 aliphatic heterocycles. The van der Waals surface area contributed by atoms with Gasteiger partial charge in [-0.25, -0.2) is 12.7 Å². The molecule has 0 spiro atoms. The molecule has 0 aliphatic rings. The van der Waals surface area contributed by atoms with Gasteiger partial charge in [0.1, 0.15) is 4.88 Å². The summed E-state index contributed by atoms with van der Waals surface area (Å²) in [6.07, 6.45) is 0. The second-order valence-corrected chi connectivity index (χ2v) is 11.7. The summed E-state index contributed by atoms with van der Waals surface area (Å²) in [6.45, 7) is 1.79. The summed E-state index contributed by atoms with van der Waals surface area (Å²) in [5, 5.41) is 12.5. The number of halogens is 1. The van der Waals surface area contributed by atoms with Gasteiger partial charge in [-0.3, -0.25) is 4.79 Å². The molecule has 0 bridgehead atoms. The number of hydrogen-bond acceptors (Lipinski definition) is 8. The van der Waals surface area contributed by atoms with Crippen LogP contribution >= 0.6 is 34.7 Å². The molecule has 4 aromatic rings. The Morgan fingerprint density at radius 3 is 2.70 bits per heavy atom. The lowest BCUT2D eigenvalue weighted by Crippen LogP contribution is -2.22. The number of nitrogens with one attached hydrogen (secondary N) is 1. The zero-order valence-corrected chi connectivity index (χ0v) is 21.0. The van der Waals surface area contributed by atoms with E-state index in [1.54, 1.807) is 13.0 Å². The van der Waals surface area contributed by atoms with E-state index in [-0.39, 0.29) is 21.8 Å². The molecular formula is C21H19ClN4O4S3. The van der Waals surface area contributed by atoms with Gasteiger partial charge in [-0.1, -0.05) is 47.6 Å². The van der Waals surface area contributed by atoms with E-state index in [4.69, 9.17) is 16.0 Å². The SMILES string of the molecule is Cc1ccc(S(=O)(=O)N(C)C)cc1NC(=O)CSc1nnc(-c2sc3ccccc3c2Cl)o1. The second-order valence-electron chi connectivity index (χ2n) is 7.22. The molecule has 0 saturated carbocycles. The lowest BCUT2D eigenvalue weighted by molar-refractivity contribution is -0.113. The van der Waals surface area contributed by atoms with Gasteiger partial charge in [-0.15, -0.1) is 21.5 Å². The molecule has 172 valence electrons. The fourth-order valence-electron chi connectivity index (χ4n) is 2.93.